The van der Waals surface area contributed by atoms with Crippen molar-refractivity contribution < 1.29 is 9.15 Å². The molecule has 27 heavy (non-hydrogen) atoms. The van der Waals surface area contributed by atoms with Crippen molar-refractivity contribution in [3.05, 3.63) is 70.0 Å². The van der Waals surface area contributed by atoms with Crippen LogP contribution in [0.25, 0.3) is 11.5 Å². The summed E-state index contributed by atoms with van der Waals surface area (Å²) in [6.07, 6.45) is 1.81. The molecule has 0 amide bonds. The Hall–Kier alpha value is -2.02. The minimum atomic E-state index is -0.152. The van der Waals surface area contributed by atoms with Gasteiger partial charge >= 0.3 is 0 Å². The van der Waals surface area contributed by atoms with Gasteiger partial charge in [-0.3, -0.25) is 5.32 Å². The zero-order valence-corrected chi connectivity index (χ0v) is 16.8. The summed E-state index contributed by atoms with van der Waals surface area (Å²) in [6.45, 7) is 4.05. The predicted molar refractivity (Wildman–Crippen MR) is 107 cm³/mol. The number of aromatic nitrogens is 2. The first kappa shape index (κ1) is 18.3. The lowest BCUT2D eigenvalue weighted by molar-refractivity contribution is 0.0348. The number of rotatable bonds is 5. The van der Waals surface area contributed by atoms with Gasteiger partial charge in [-0.1, -0.05) is 45.8 Å². The van der Waals surface area contributed by atoms with Crippen molar-refractivity contribution in [1.82, 2.24) is 15.5 Å². The number of hydrogen-bond acceptors (Lipinski definition) is 5. The summed E-state index contributed by atoms with van der Waals surface area (Å²) >= 11 is 3.58. The Balaban J connectivity index is 1.52. The summed E-state index contributed by atoms with van der Waals surface area (Å²) in [5, 5.41) is 12.1. The molecule has 3 aromatic rings. The van der Waals surface area contributed by atoms with E-state index >= 15 is 0 Å². The van der Waals surface area contributed by atoms with E-state index in [1.54, 1.807) is 0 Å². The van der Waals surface area contributed by atoms with Crippen LogP contribution in [0.2, 0.25) is 0 Å². The first-order valence-electron chi connectivity index (χ1n) is 9.13. The fourth-order valence-corrected chi connectivity index (χ4v) is 3.86. The number of hydrogen-bond donors (Lipinski definition) is 1. The van der Waals surface area contributed by atoms with Gasteiger partial charge < -0.3 is 9.15 Å². The molecule has 5 nitrogen and oxygen atoms in total. The Morgan fingerprint density at radius 2 is 1.85 bits per heavy atom. The second-order valence-corrected chi connectivity index (χ2v) is 7.84. The standard InChI is InChI=1S/C21H22BrN3O2/c1-15-5-7-16(8-6-15)20-25-24-19(27-20)14-23-21(9-11-26-12-10-21)17-3-2-4-18(22)13-17/h2-8,13,23H,9-12,14H2,1H3. The summed E-state index contributed by atoms with van der Waals surface area (Å²) in [6, 6.07) is 16.5. The third-order valence-corrected chi connectivity index (χ3v) is 5.56. The van der Waals surface area contributed by atoms with E-state index in [1.807, 2.05) is 30.3 Å². The van der Waals surface area contributed by atoms with Crippen LogP contribution in [-0.4, -0.2) is 23.4 Å². The number of aryl methyl sites for hydroxylation is 1. The maximum absolute atomic E-state index is 5.88. The van der Waals surface area contributed by atoms with E-state index < -0.39 is 0 Å². The number of halogens is 1. The zero-order valence-electron chi connectivity index (χ0n) is 15.2. The molecular weight excluding hydrogens is 406 g/mol. The molecule has 4 rings (SSSR count). The largest absolute Gasteiger partial charge is 0.419 e. The molecule has 2 aromatic carbocycles. The molecule has 1 N–H and O–H groups in total. The third kappa shape index (κ3) is 4.13. The Labute approximate surface area is 167 Å². The number of ether oxygens (including phenoxy) is 1. The van der Waals surface area contributed by atoms with Crippen molar-refractivity contribution in [2.45, 2.75) is 31.8 Å². The van der Waals surface area contributed by atoms with Crippen LogP contribution in [0.4, 0.5) is 0 Å². The van der Waals surface area contributed by atoms with E-state index in [0.29, 0.717) is 18.3 Å². The van der Waals surface area contributed by atoms with Gasteiger partial charge in [-0.2, -0.15) is 0 Å². The second kappa shape index (κ2) is 7.92. The maximum atomic E-state index is 5.88. The molecule has 0 radical (unpaired) electrons. The topological polar surface area (TPSA) is 60.2 Å². The van der Waals surface area contributed by atoms with E-state index in [9.17, 15) is 0 Å². The van der Waals surface area contributed by atoms with Crippen LogP contribution in [0.1, 0.15) is 29.9 Å². The van der Waals surface area contributed by atoms with Crippen LogP contribution >= 0.6 is 15.9 Å². The monoisotopic (exact) mass is 427 g/mol. The molecule has 1 saturated heterocycles. The molecule has 0 aliphatic carbocycles. The van der Waals surface area contributed by atoms with Crippen LogP contribution in [0.3, 0.4) is 0 Å². The first-order chi connectivity index (χ1) is 13.1. The average Bonchev–Trinajstić information content (AvgIpc) is 3.17. The lowest BCUT2D eigenvalue weighted by Crippen LogP contribution is -2.46. The number of nitrogens with one attached hydrogen (secondary N) is 1. The van der Waals surface area contributed by atoms with E-state index in [4.69, 9.17) is 9.15 Å². The van der Waals surface area contributed by atoms with E-state index in [1.165, 1.54) is 11.1 Å². The fourth-order valence-electron chi connectivity index (χ4n) is 3.46. The molecule has 0 bridgehead atoms. The highest BCUT2D eigenvalue weighted by Gasteiger charge is 2.34. The van der Waals surface area contributed by atoms with Gasteiger partial charge in [0.15, 0.2) is 0 Å². The SMILES string of the molecule is Cc1ccc(-c2nnc(CNC3(c4cccc(Br)c4)CCOCC3)o2)cc1. The van der Waals surface area contributed by atoms with Crippen molar-refractivity contribution in [1.29, 1.82) is 0 Å². The minimum absolute atomic E-state index is 0.152. The van der Waals surface area contributed by atoms with E-state index in [0.717, 1.165) is 36.1 Å². The molecule has 2 heterocycles. The highest BCUT2D eigenvalue weighted by Crippen LogP contribution is 2.34. The summed E-state index contributed by atoms with van der Waals surface area (Å²) in [7, 11) is 0. The molecule has 1 aliphatic heterocycles. The lowest BCUT2D eigenvalue weighted by atomic mass is 9.82. The Morgan fingerprint density at radius 3 is 2.59 bits per heavy atom. The highest BCUT2D eigenvalue weighted by atomic mass is 79.9. The van der Waals surface area contributed by atoms with Gasteiger partial charge in [-0.25, -0.2) is 0 Å². The van der Waals surface area contributed by atoms with Gasteiger partial charge in [-0.15, -0.1) is 10.2 Å². The van der Waals surface area contributed by atoms with Crippen molar-refractivity contribution in [3.63, 3.8) is 0 Å². The molecule has 6 heteroatoms. The zero-order chi connectivity index (χ0) is 18.7. The van der Waals surface area contributed by atoms with Gasteiger partial charge in [0.1, 0.15) is 0 Å². The van der Waals surface area contributed by atoms with Crippen LogP contribution in [0.15, 0.2) is 57.4 Å². The average molecular weight is 428 g/mol. The third-order valence-electron chi connectivity index (χ3n) is 5.07. The summed E-state index contributed by atoms with van der Waals surface area (Å²) < 4.78 is 12.6. The van der Waals surface area contributed by atoms with Crippen molar-refractivity contribution in [2.24, 2.45) is 0 Å². The molecule has 0 unspecified atom stereocenters. The molecular formula is C21H22BrN3O2. The molecule has 0 saturated carbocycles. The minimum Gasteiger partial charge on any atom is -0.419 e. The van der Waals surface area contributed by atoms with Crippen molar-refractivity contribution >= 4 is 15.9 Å². The predicted octanol–water partition coefficient (Wildman–Crippen LogP) is 4.60. The quantitative estimate of drug-likeness (QED) is 0.644. The van der Waals surface area contributed by atoms with Gasteiger partial charge in [0.25, 0.3) is 0 Å². The van der Waals surface area contributed by atoms with Gasteiger partial charge in [0.05, 0.1) is 6.54 Å². The molecule has 0 atom stereocenters. The molecule has 1 aliphatic rings. The van der Waals surface area contributed by atoms with Gasteiger partial charge in [-0.05, 0) is 49.6 Å². The summed E-state index contributed by atoms with van der Waals surface area (Å²) in [5.41, 5.74) is 3.24. The Bertz CT molecular complexity index is 902. The highest BCUT2D eigenvalue weighted by molar-refractivity contribution is 9.10. The van der Waals surface area contributed by atoms with Gasteiger partial charge in [0.2, 0.25) is 11.8 Å². The van der Waals surface area contributed by atoms with E-state index in [2.05, 4.69) is 56.6 Å². The Morgan fingerprint density at radius 1 is 1.07 bits per heavy atom. The molecule has 0 spiro atoms. The van der Waals surface area contributed by atoms with Crippen molar-refractivity contribution in [3.8, 4) is 11.5 Å². The van der Waals surface area contributed by atoms with Crippen LogP contribution in [0, 0.1) is 6.92 Å². The first-order valence-corrected chi connectivity index (χ1v) is 9.92. The lowest BCUT2D eigenvalue weighted by Gasteiger charge is -2.38. The normalized spacial score (nSPS) is 16.4. The van der Waals surface area contributed by atoms with Crippen molar-refractivity contribution in [2.75, 3.05) is 13.2 Å². The van der Waals surface area contributed by atoms with Crippen LogP contribution in [-0.2, 0) is 16.8 Å². The second-order valence-electron chi connectivity index (χ2n) is 6.93. The smallest absolute Gasteiger partial charge is 0.247 e. The van der Waals surface area contributed by atoms with Crippen LogP contribution in [0.5, 0.6) is 0 Å². The van der Waals surface area contributed by atoms with Gasteiger partial charge in [0, 0.05) is 28.8 Å². The summed E-state index contributed by atoms with van der Waals surface area (Å²) in [5.74, 6) is 1.14. The summed E-state index contributed by atoms with van der Waals surface area (Å²) in [4.78, 5) is 0. The fraction of sp³-hybridized carbons (Fsp3) is 0.333. The molecule has 140 valence electrons. The van der Waals surface area contributed by atoms with E-state index in [-0.39, 0.29) is 5.54 Å². The number of benzene rings is 2. The molecule has 1 fully saturated rings. The Kier molecular flexibility index (Phi) is 5.38. The maximum Gasteiger partial charge on any atom is 0.247 e. The number of nitrogens with zero attached hydrogens (tertiary/aromatic N) is 2. The molecule has 1 aromatic heterocycles. The van der Waals surface area contributed by atoms with Crippen LogP contribution < -0.4 is 5.32 Å².